The summed E-state index contributed by atoms with van der Waals surface area (Å²) in [5.41, 5.74) is 2.07. The number of rotatable bonds is 6. The summed E-state index contributed by atoms with van der Waals surface area (Å²) < 4.78 is 16.4. The molecule has 0 radical (unpaired) electrons. The maximum Gasteiger partial charge on any atom is 0.316 e. The molecule has 2 aromatic heterocycles. The van der Waals surface area contributed by atoms with Crippen molar-refractivity contribution in [1.29, 1.82) is 0 Å². The fourth-order valence-electron chi connectivity index (χ4n) is 3.94. The molecule has 186 valence electrons. The molecule has 0 spiro atoms. The van der Waals surface area contributed by atoms with Gasteiger partial charge < -0.3 is 24.2 Å². The van der Waals surface area contributed by atoms with Crippen molar-refractivity contribution >= 4 is 22.8 Å². The van der Waals surface area contributed by atoms with Gasteiger partial charge in [0.25, 0.3) is 0 Å². The van der Waals surface area contributed by atoms with Crippen LogP contribution in [-0.2, 0) is 20.9 Å². The van der Waals surface area contributed by atoms with Gasteiger partial charge in [-0.1, -0.05) is 0 Å². The van der Waals surface area contributed by atoms with E-state index in [0.29, 0.717) is 54.8 Å². The molecule has 9 heteroatoms. The predicted octanol–water partition coefficient (Wildman–Crippen LogP) is 3.47. The van der Waals surface area contributed by atoms with Gasteiger partial charge in [0.2, 0.25) is 0 Å². The maximum absolute atomic E-state index is 12.8. The molecular weight excluding hydrogens is 448 g/mol. The zero-order valence-corrected chi connectivity index (χ0v) is 20.9. The molecule has 35 heavy (non-hydrogen) atoms. The third-order valence-electron chi connectivity index (χ3n) is 5.76. The minimum absolute atomic E-state index is 0.147. The molecule has 0 saturated carbocycles. The minimum Gasteiger partial charge on any atom is -0.496 e. The highest BCUT2D eigenvalue weighted by molar-refractivity contribution is 5.89. The minimum atomic E-state index is -0.661. The molecule has 1 saturated heterocycles. The van der Waals surface area contributed by atoms with Gasteiger partial charge in [0.15, 0.2) is 5.65 Å². The van der Waals surface area contributed by atoms with Gasteiger partial charge in [0.1, 0.15) is 28.9 Å². The van der Waals surface area contributed by atoms with Gasteiger partial charge in [0.05, 0.1) is 38.0 Å². The number of hydrogen-bond donors (Lipinski definition) is 1. The second-order valence-electron chi connectivity index (χ2n) is 9.51. The number of benzene rings is 1. The van der Waals surface area contributed by atoms with Crippen LogP contribution in [-0.4, -0.2) is 65.0 Å². The van der Waals surface area contributed by atoms with Gasteiger partial charge in [-0.05, 0) is 58.0 Å². The molecule has 3 heterocycles. The van der Waals surface area contributed by atoms with E-state index in [1.54, 1.807) is 14.0 Å². The predicted molar refractivity (Wildman–Crippen MR) is 133 cm³/mol. The van der Waals surface area contributed by atoms with Gasteiger partial charge in [-0.25, -0.2) is 15.0 Å². The maximum atomic E-state index is 12.8. The number of carbonyl (C=O) groups is 1. The standard InChI is InChI=1S/C26H32N4O5/c1-16(25(32)35-26(2,3)4)22-28-23-19(24(29-22)30-10-12-34-13-11-30)7-8-20(27-23)17-6-9-21(33-5)18(14-17)15-31/h6-9,14,16,31H,10-13,15H2,1-5H3. The van der Waals surface area contributed by atoms with Crippen LogP contribution in [0.1, 0.15) is 45.0 Å². The number of methoxy groups -OCH3 is 1. The van der Waals surface area contributed by atoms with Crippen LogP contribution in [0.5, 0.6) is 5.75 Å². The lowest BCUT2D eigenvalue weighted by molar-refractivity contribution is -0.156. The number of aromatic nitrogens is 3. The Kier molecular flexibility index (Phi) is 7.18. The normalized spacial score (nSPS) is 15.2. The highest BCUT2D eigenvalue weighted by Crippen LogP contribution is 2.31. The average Bonchev–Trinajstić information content (AvgIpc) is 2.86. The molecule has 1 unspecified atom stereocenters. The Morgan fingerprint density at radius 2 is 1.89 bits per heavy atom. The lowest BCUT2D eigenvalue weighted by atomic mass is 10.1. The zero-order chi connectivity index (χ0) is 25.2. The van der Waals surface area contributed by atoms with E-state index < -0.39 is 11.5 Å². The molecule has 1 aromatic carbocycles. The highest BCUT2D eigenvalue weighted by Gasteiger charge is 2.27. The molecule has 0 aliphatic carbocycles. The lowest BCUT2D eigenvalue weighted by Crippen LogP contribution is -2.37. The summed E-state index contributed by atoms with van der Waals surface area (Å²) in [6, 6.07) is 9.41. The van der Waals surface area contributed by atoms with E-state index in [9.17, 15) is 9.90 Å². The zero-order valence-electron chi connectivity index (χ0n) is 20.9. The SMILES string of the molecule is COc1ccc(-c2ccc3c(N4CCOCC4)nc(C(C)C(=O)OC(C)(C)C)nc3n2)cc1CO. The third-order valence-corrected chi connectivity index (χ3v) is 5.76. The summed E-state index contributed by atoms with van der Waals surface area (Å²) in [6.45, 7) is 9.68. The Balaban J connectivity index is 1.81. The van der Waals surface area contributed by atoms with Crippen LogP contribution in [0, 0.1) is 0 Å². The highest BCUT2D eigenvalue weighted by atomic mass is 16.6. The van der Waals surface area contributed by atoms with Gasteiger partial charge in [-0.15, -0.1) is 0 Å². The van der Waals surface area contributed by atoms with Gasteiger partial charge >= 0.3 is 5.97 Å². The van der Waals surface area contributed by atoms with Crippen LogP contribution in [0.2, 0.25) is 0 Å². The van der Waals surface area contributed by atoms with Crippen LogP contribution in [0.15, 0.2) is 30.3 Å². The first kappa shape index (κ1) is 24.8. The monoisotopic (exact) mass is 480 g/mol. The summed E-state index contributed by atoms with van der Waals surface area (Å²) in [7, 11) is 1.57. The van der Waals surface area contributed by atoms with Gasteiger partial charge in [0, 0.05) is 24.2 Å². The molecule has 1 aliphatic heterocycles. The average molecular weight is 481 g/mol. The smallest absolute Gasteiger partial charge is 0.316 e. The van der Waals surface area contributed by atoms with E-state index in [2.05, 4.69) is 9.88 Å². The number of esters is 1. The first-order valence-electron chi connectivity index (χ1n) is 11.7. The van der Waals surface area contributed by atoms with Crippen LogP contribution < -0.4 is 9.64 Å². The number of fused-ring (bicyclic) bond motifs is 1. The Labute approximate surface area is 205 Å². The van der Waals surface area contributed by atoms with Crippen LogP contribution >= 0.6 is 0 Å². The topological polar surface area (TPSA) is 107 Å². The number of aliphatic hydroxyl groups excluding tert-OH is 1. The van der Waals surface area contributed by atoms with Crippen molar-refractivity contribution in [3.63, 3.8) is 0 Å². The first-order valence-corrected chi connectivity index (χ1v) is 11.7. The number of nitrogens with zero attached hydrogens (tertiary/aromatic N) is 4. The van der Waals surface area contributed by atoms with Crippen molar-refractivity contribution in [2.24, 2.45) is 0 Å². The summed E-state index contributed by atoms with van der Waals surface area (Å²) in [5.74, 6) is 0.661. The van der Waals surface area contributed by atoms with Crippen molar-refractivity contribution in [3.8, 4) is 17.0 Å². The number of ether oxygens (including phenoxy) is 3. The second-order valence-corrected chi connectivity index (χ2v) is 9.51. The van der Waals surface area contributed by atoms with E-state index in [1.165, 1.54) is 0 Å². The molecule has 3 aromatic rings. The van der Waals surface area contributed by atoms with Crippen molar-refractivity contribution in [3.05, 3.63) is 41.7 Å². The Hall–Kier alpha value is -3.30. The summed E-state index contributed by atoms with van der Waals surface area (Å²) in [6.07, 6.45) is 0. The molecule has 0 amide bonds. The van der Waals surface area contributed by atoms with Crippen LogP contribution in [0.25, 0.3) is 22.3 Å². The van der Waals surface area contributed by atoms with E-state index in [1.807, 2.05) is 51.1 Å². The molecule has 9 nitrogen and oxygen atoms in total. The molecule has 4 rings (SSSR count). The van der Waals surface area contributed by atoms with Crippen LogP contribution in [0.4, 0.5) is 5.82 Å². The van der Waals surface area contributed by atoms with E-state index in [-0.39, 0.29) is 12.6 Å². The molecule has 1 atom stereocenters. The van der Waals surface area contributed by atoms with Gasteiger partial charge in [-0.3, -0.25) is 4.79 Å². The van der Waals surface area contributed by atoms with Crippen molar-refractivity contribution in [1.82, 2.24) is 15.0 Å². The van der Waals surface area contributed by atoms with Gasteiger partial charge in [-0.2, -0.15) is 0 Å². The summed E-state index contributed by atoms with van der Waals surface area (Å²) >= 11 is 0. The Morgan fingerprint density at radius 3 is 2.54 bits per heavy atom. The fraction of sp³-hybridized carbons (Fsp3) is 0.462. The molecule has 0 bridgehead atoms. The lowest BCUT2D eigenvalue weighted by Gasteiger charge is -2.29. The number of hydrogen-bond acceptors (Lipinski definition) is 9. The third kappa shape index (κ3) is 5.52. The first-order chi connectivity index (χ1) is 16.7. The number of pyridine rings is 1. The van der Waals surface area contributed by atoms with E-state index in [0.717, 1.165) is 16.8 Å². The van der Waals surface area contributed by atoms with E-state index in [4.69, 9.17) is 24.2 Å². The number of aliphatic hydroxyl groups is 1. The van der Waals surface area contributed by atoms with Crippen molar-refractivity contribution < 1.29 is 24.1 Å². The Bertz CT molecular complexity index is 1220. The molecule has 1 N–H and O–H groups in total. The molecule has 1 fully saturated rings. The molecular formula is C26H32N4O5. The number of carbonyl (C=O) groups excluding carboxylic acids is 1. The van der Waals surface area contributed by atoms with Crippen LogP contribution in [0.3, 0.4) is 0 Å². The molecule has 1 aliphatic rings. The second kappa shape index (κ2) is 10.1. The summed E-state index contributed by atoms with van der Waals surface area (Å²) in [5, 5.41) is 10.5. The number of anilines is 1. The van der Waals surface area contributed by atoms with E-state index >= 15 is 0 Å². The number of morpholine rings is 1. The van der Waals surface area contributed by atoms with Crippen molar-refractivity contribution in [2.75, 3.05) is 38.3 Å². The fourth-order valence-corrected chi connectivity index (χ4v) is 3.94. The Morgan fingerprint density at radius 1 is 1.14 bits per heavy atom. The quantitative estimate of drug-likeness (QED) is 0.531. The summed E-state index contributed by atoms with van der Waals surface area (Å²) in [4.78, 5) is 29.3. The largest absolute Gasteiger partial charge is 0.496 e. The van der Waals surface area contributed by atoms with Crippen molar-refractivity contribution in [2.45, 2.75) is 45.8 Å².